The second kappa shape index (κ2) is 7.92. The van der Waals surface area contributed by atoms with Crippen LogP contribution in [0.1, 0.15) is 42.6 Å². The zero-order valence-electron chi connectivity index (χ0n) is 12.2. The number of nitrogens with zero attached hydrogens (tertiary/aromatic N) is 3. The summed E-state index contributed by atoms with van der Waals surface area (Å²) in [5, 5.41) is 14.0. The van der Waals surface area contributed by atoms with Crippen molar-refractivity contribution in [2.75, 3.05) is 26.2 Å². The molecule has 1 aromatic heterocycles. The van der Waals surface area contributed by atoms with Crippen LogP contribution in [-0.2, 0) is 6.42 Å². The minimum absolute atomic E-state index is 0.562. The Morgan fingerprint density at radius 3 is 2.58 bits per heavy atom. The first-order valence-electron chi connectivity index (χ1n) is 7.49. The number of likely N-dealkylation sites (tertiary alicyclic amines) is 1. The van der Waals surface area contributed by atoms with E-state index in [2.05, 4.69) is 27.3 Å². The molecule has 1 fully saturated rings. The zero-order valence-corrected chi connectivity index (χ0v) is 13.0. The molecule has 2 heterocycles. The van der Waals surface area contributed by atoms with Gasteiger partial charge in [0.25, 0.3) is 0 Å². The van der Waals surface area contributed by atoms with Gasteiger partial charge in [-0.25, -0.2) is 0 Å². The summed E-state index contributed by atoms with van der Waals surface area (Å²) in [6.07, 6.45) is 6.56. The van der Waals surface area contributed by atoms with Crippen molar-refractivity contribution in [3.63, 3.8) is 0 Å². The molecule has 1 atom stereocenters. The van der Waals surface area contributed by atoms with Crippen molar-refractivity contribution >= 4 is 11.3 Å². The van der Waals surface area contributed by atoms with Gasteiger partial charge in [0.15, 0.2) is 0 Å². The second-order valence-electron chi connectivity index (χ2n) is 5.53. The van der Waals surface area contributed by atoms with Crippen molar-refractivity contribution in [3.8, 4) is 0 Å². The molecule has 0 amide bonds. The lowest BCUT2D eigenvalue weighted by molar-refractivity contribution is 0.256. The fourth-order valence-electron chi connectivity index (χ4n) is 2.63. The van der Waals surface area contributed by atoms with Crippen LogP contribution in [-0.4, -0.2) is 47.3 Å². The van der Waals surface area contributed by atoms with Crippen LogP contribution in [0.2, 0.25) is 0 Å². The normalized spacial score (nSPS) is 19.3. The van der Waals surface area contributed by atoms with Crippen molar-refractivity contribution in [2.45, 2.75) is 52.0 Å². The molecule has 0 bridgehead atoms. The van der Waals surface area contributed by atoms with Gasteiger partial charge < -0.3 is 10.2 Å². The largest absolute Gasteiger partial charge is 0.313 e. The molecule has 0 aromatic carbocycles. The van der Waals surface area contributed by atoms with E-state index in [1.165, 1.54) is 45.3 Å². The van der Waals surface area contributed by atoms with E-state index < -0.39 is 0 Å². The summed E-state index contributed by atoms with van der Waals surface area (Å²) in [5.74, 6) is 0. The number of rotatable bonds is 6. The van der Waals surface area contributed by atoms with Crippen molar-refractivity contribution < 1.29 is 0 Å². The lowest BCUT2D eigenvalue weighted by atomic mass is 10.2. The van der Waals surface area contributed by atoms with Crippen LogP contribution in [0, 0.1) is 6.92 Å². The number of aromatic nitrogens is 2. The average molecular weight is 282 g/mol. The summed E-state index contributed by atoms with van der Waals surface area (Å²) in [7, 11) is 0. The molecule has 5 heteroatoms. The Bertz CT molecular complexity index is 358. The highest BCUT2D eigenvalue weighted by Gasteiger charge is 2.12. The maximum Gasteiger partial charge on any atom is 0.118 e. The molecule has 1 aliphatic rings. The number of aryl methyl sites for hydroxylation is 1. The average Bonchev–Trinajstić information content (AvgIpc) is 2.63. The molecule has 0 aliphatic carbocycles. The lowest BCUT2D eigenvalue weighted by Gasteiger charge is -2.24. The third-order valence-electron chi connectivity index (χ3n) is 3.63. The molecule has 0 spiro atoms. The maximum absolute atomic E-state index is 4.16. The number of hydrogen-bond acceptors (Lipinski definition) is 5. The van der Waals surface area contributed by atoms with E-state index in [1.54, 1.807) is 11.3 Å². The van der Waals surface area contributed by atoms with Crippen molar-refractivity contribution in [1.82, 2.24) is 20.4 Å². The van der Waals surface area contributed by atoms with Gasteiger partial charge in [-0.1, -0.05) is 12.8 Å². The lowest BCUT2D eigenvalue weighted by Crippen LogP contribution is -2.40. The van der Waals surface area contributed by atoms with E-state index in [1.807, 2.05) is 6.92 Å². The monoisotopic (exact) mass is 282 g/mol. The van der Waals surface area contributed by atoms with Crippen LogP contribution >= 0.6 is 11.3 Å². The molecule has 1 saturated heterocycles. The van der Waals surface area contributed by atoms with Crippen LogP contribution < -0.4 is 5.32 Å². The summed E-state index contributed by atoms with van der Waals surface area (Å²) in [4.78, 5) is 2.61. The summed E-state index contributed by atoms with van der Waals surface area (Å²) in [5.41, 5.74) is 0. The molecule has 0 radical (unpaired) electrons. The first-order chi connectivity index (χ1) is 9.24. The Hall–Kier alpha value is -0.520. The number of nitrogens with one attached hydrogen (secondary N) is 1. The fraction of sp³-hybridized carbons (Fsp3) is 0.857. The fourth-order valence-corrected chi connectivity index (χ4v) is 3.34. The third kappa shape index (κ3) is 5.55. The minimum atomic E-state index is 0.562. The topological polar surface area (TPSA) is 41.1 Å². The van der Waals surface area contributed by atoms with E-state index >= 15 is 0 Å². The van der Waals surface area contributed by atoms with E-state index in [0.29, 0.717) is 6.04 Å². The van der Waals surface area contributed by atoms with Crippen LogP contribution in [0.5, 0.6) is 0 Å². The Kier molecular flexibility index (Phi) is 6.20. The molecule has 1 unspecified atom stereocenters. The molecule has 1 aliphatic heterocycles. The van der Waals surface area contributed by atoms with Gasteiger partial charge >= 0.3 is 0 Å². The molecule has 108 valence electrons. The van der Waals surface area contributed by atoms with E-state index in [4.69, 9.17) is 0 Å². The van der Waals surface area contributed by atoms with Crippen LogP contribution in [0.3, 0.4) is 0 Å². The van der Waals surface area contributed by atoms with Crippen LogP contribution in [0.25, 0.3) is 0 Å². The van der Waals surface area contributed by atoms with Gasteiger partial charge in [0.1, 0.15) is 10.0 Å². The van der Waals surface area contributed by atoms with Gasteiger partial charge in [-0.05, 0) is 39.8 Å². The molecule has 1 aromatic rings. The van der Waals surface area contributed by atoms with Gasteiger partial charge in [-0.3, -0.25) is 0 Å². The maximum atomic E-state index is 4.16. The molecule has 0 saturated carbocycles. The Morgan fingerprint density at radius 1 is 1.21 bits per heavy atom. The number of hydrogen-bond donors (Lipinski definition) is 1. The predicted molar refractivity (Wildman–Crippen MR) is 80.7 cm³/mol. The smallest absolute Gasteiger partial charge is 0.118 e. The highest BCUT2D eigenvalue weighted by Crippen LogP contribution is 2.10. The molecular weight excluding hydrogens is 256 g/mol. The molecule has 1 N–H and O–H groups in total. The van der Waals surface area contributed by atoms with E-state index in [0.717, 1.165) is 23.0 Å². The summed E-state index contributed by atoms with van der Waals surface area (Å²) >= 11 is 1.71. The quantitative estimate of drug-likeness (QED) is 0.869. The van der Waals surface area contributed by atoms with Gasteiger partial charge in [-0.2, -0.15) is 0 Å². The second-order valence-corrected chi connectivity index (χ2v) is 6.80. The molecule has 19 heavy (non-hydrogen) atoms. The van der Waals surface area contributed by atoms with Crippen molar-refractivity contribution in [2.24, 2.45) is 0 Å². The molecule has 4 nitrogen and oxygen atoms in total. The highest BCUT2D eigenvalue weighted by molar-refractivity contribution is 7.11. The minimum Gasteiger partial charge on any atom is -0.313 e. The van der Waals surface area contributed by atoms with Gasteiger partial charge in [0.05, 0.1) is 0 Å². The highest BCUT2D eigenvalue weighted by atomic mass is 32.1. The SMILES string of the molecule is Cc1nnc(CCNC(C)CN2CCCCCC2)s1. The summed E-state index contributed by atoms with van der Waals surface area (Å²) in [6, 6.07) is 0.562. The van der Waals surface area contributed by atoms with Gasteiger partial charge in [0.2, 0.25) is 0 Å². The molecule has 2 rings (SSSR count). The third-order valence-corrected chi connectivity index (χ3v) is 4.53. The summed E-state index contributed by atoms with van der Waals surface area (Å²) in [6.45, 7) is 9.04. The van der Waals surface area contributed by atoms with Crippen LogP contribution in [0.15, 0.2) is 0 Å². The Labute approximate surface area is 120 Å². The van der Waals surface area contributed by atoms with Crippen molar-refractivity contribution in [1.29, 1.82) is 0 Å². The predicted octanol–water partition coefficient (Wildman–Crippen LogP) is 2.24. The van der Waals surface area contributed by atoms with E-state index in [9.17, 15) is 0 Å². The van der Waals surface area contributed by atoms with E-state index in [-0.39, 0.29) is 0 Å². The Morgan fingerprint density at radius 2 is 1.95 bits per heavy atom. The van der Waals surface area contributed by atoms with Crippen molar-refractivity contribution in [3.05, 3.63) is 10.0 Å². The zero-order chi connectivity index (χ0) is 13.5. The first kappa shape index (κ1) is 14.9. The standard InChI is InChI=1S/C14H26N4S/c1-12(11-18-9-5-3-4-6-10-18)15-8-7-14-17-16-13(2)19-14/h12,15H,3-11H2,1-2H3. The Balaban J connectivity index is 1.62. The van der Waals surface area contributed by atoms with Crippen LogP contribution in [0.4, 0.5) is 0 Å². The first-order valence-corrected chi connectivity index (χ1v) is 8.30. The van der Waals surface area contributed by atoms with Gasteiger partial charge in [-0.15, -0.1) is 21.5 Å². The summed E-state index contributed by atoms with van der Waals surface area (Å²) < 4.78 is 0. The van der Waals surface area contributed by atoms with Gasteiger partial charge in [0, 0.05) is 25.6 Å². The molecular formula is C14H26N4S.